The molecular formula is C15H12Cl3N3O. The van der Waals surface area contributed by atoms with Crippen molar-refractivity contribution in [1.29, 1.82) is 0 Å². The number of hydrogen-bond acceptors (Lipinski definition) is 4. The summed E-state index contributed by atoms with van der Waals surface area (Å²) in [7, 11) is 0. The number of carbonyl (C=O) groups excluding carboxylic acids is 1. The van der Waals surface area contributed by atoms with Gasteiger partial charge in [-0.05, 0) is 17.7 Å². The Kier molecular flexibility index (Phi) is 5.29. The molecule has 0 spiro atoms. The summed E-state index contributed by atoms with van der Waals surface area (Å²) in [6.45, 7) is 0. The predicted octanol–water partition coefficient (Wildman–Crippen LogP) is 4.06. The van der Waals surface area contributed by atoms with Crippen LogP contribution in [-0.4, -0.2) is 14.6 Å². The molecule has 22 heavy (non-hydrogen) atoms. The molecule has 0 aliphatic heterocycles. The number of rotatable bonds is 4. The van der Waals surface area contributed by atoms with Crippen molar-refractivity contribution in [3.63, 3.8) is 0 Å². The third-order valence-electron chi connectivity index (χ3n) is 2.75. The molecule has 7 heteroatoms. The van der Waals surface area contributed by atoms with Crippen LogP contribution in [0.4, 0.5) is 11.5 Å². The molecule has 0 aliphatic carbocycles. The normalized spacial score (nSPS) is 12.0. The van der Waals surface area contributed by atoms with E-state index in [1.54, 1.807) is 18.3 Å². The van der Waals surface area contributed by atoms with E-state index >= 15 is 0 Å². The Hall–Kier alpha value is -1.75. The van der Waals surface area contributed by atoms with Gasteiger partial charge in [-0.15, -0.1) is 0 Å². The van der Waals surface area contributed by atoms with Gasteiger partial charge < -0.3 is 11.1 Å². The highest BCUT2D eigenvalue weighted by Gasteiger charge is 2.29. The number of hydrogen-bond donors (Lipinski definition) is 2. The third-order valence-corrected chi connectivity index (χ3v) is 3.31. The topological polar surface area (TPSA) is 68.0 Å². The number of ketones is 1. The van der Waals surface area contributed by atoms with Gasteiger partial charge in [0.05, 0.1) is 5.69 Å². The van der Waals surface area contributed by atoms with Gasteiger partial charge in [-0.1, -0.05) is 65.1 Å². The van der Waals surface area contributed by atoms with E-state index in [0.29, 0.717) is 17.2 Å². The van der Waals surface area contributed by atoms with E-state index in [1.165, 1.54) is 6.08 Å². The highest BCUT2D eigenvalue weighted by atomic mass is 35.6. The van der Waals surface area contributed by atoms with E-state index in [-0.39, 0.29) is 0 Å². The summed E-state index contributed by atoms with van der Waals surface area (Å²) in [4.78, 5) is 15.9. The number of benzene rings is 1. The Bertz CT molecular complexity index is 697. The maximum absolute atomic E-state index is 12.0. The van der Waals surface area contributed by atoms with E-state index in [2.05, 4.69) is 10.3 Å². The molecule has 0 aliphatic rings. The lowest BCUT2D eigenvalue weighted by Gasteiger charge is -2.14. The van der Waals surface area contributed by atoms with E-state index in [9.17, 15) is 4.79 Å². The number of alkyl halides is 3. The molecule has 1 heterocycles. The molecule has 0 bridgehead atoms. The molecule has 1 aromatic carbocycles. The lowest BCUT2D eigenvalue weighted by molar-refractivity contribution is -0.113. The number of pyridine rings is 1. The zero-order chi connectivity index (χ0) is 16.2. The van der Waals surface area contributed by atoms with E-state index in [0.717, 1.165) is 5.56 Å². The van der Waals surface area contributed by atoms with Crippen molar-refractivity contribution in [2.24, 2.45) is 0 Å². The Balaban J connectivity index is 2.41. The average Bonchev–Trinajstić information content (AvgIpc) is 2.48. The second-order valence-corrected chi connectivity index (χ2v) is 6.63. The van der Waals surface area contributed by atoms with Gasteiger partial charge in [0.1, 0.15) is 5.82 Å². The summed E-state index contributed by atoms with van der Waals surface area (Å²) >= 11 is 16.9. The minimum absolute atomic E-state index is 0.297. The number of halogens is 3. The lowest BCUT2D eigenvalue weighted by atomic mass is 10.1. The van der Waals surface area contributed by atoms with Crippen molar-refractivity contribution in [1.82, 2.24) is 4.98 Å². The van der Waals surface area contributed by atoms with Crippen LogP contribution in [0.1, 0.15) is 5.56 Å². The fourth-order valence-corrected chi connectivity index (χ4v) is 1.85. The predicted molar refractivity (Wildman–Crippen MR) is 92.0 cm³/mol. The Morgan fingerprint density at radius 3 is 2.41 bits per heavy atom. The first kappa shape index (κ1) is 16.6. The number of carbonyl (C=O) groups is 1. The van der Waals surface area contributed by atoms with Gasteiger partial charge in [-0.2, -0.15) is 0 Å². The van der Waals surface area contributed by atoms with Crippen LogP contribution in [0.15, 0.2) is 54.7 Å². The fraction of sp³-hybridized carbons (Fsp3) is 0.0667. The van der Waals surface area contributed by atoms with Crippen LogP contribution in [0.2, 0.25) is 0 Å². The fourth-order valence-electron chi connectivity index (χ4n) is 1.69. The number of allylic oxidation sites excluding steroid dienone is 1. The SMILES string of the molecule is Nc1ncccc1N/C(=C/C(=O)C(Cl)(Cl)Cl)c1ccccc1. The Labute approximate surface area is 142 Å². The molecule has 0 atom stereocenters. The smallest absolute Gasteiger partial charge is 0.252 e. The van der Waals surface area contributed by atoms with Crippen LogP contribution < -0.4 is 11.1 Å². The molecule has 0 unspecified atom stereocenters. The van der Waals surface area contributed by atoms with Crippen LogP contribution in [0.25, 0.3) is 5.70 Å². The number of nitrogens with two attached hydrogens (primary N) is 1. The minimum Gasteiger partial charge on any atom is -0.382 e. The molecule has 0 fully saturated rings. The molecule has 0 amide bonds. The highest BCUT2D eigenvalue weighted by molar-refractivity contribution is 6.77. The number of aromatic nitrogens is 1. The molecule has 0 saturated heterocycles. The zero-order valence-corrected chi connectivity index (χ0v) is 13.5. The van der Waals surface area contributed by atoms with E-state index in [1.807, 2.05) is 30.3 Å². The lowest BCUT2D eigenvalue weighted by Crippen LogP contribution is -2.17. The molecule has 2 rings (SSSR count). The maximum Gasteiger partial charge on any atom is 0.252 e. The van der Waals surface area contributed by atoms with E-state index < -0.39 is 9.58 Å². The summed E-state index contributed by atoms with van der Waals surface area (Å²) in [6, 6.07) is 12.6. The first-order valence-corrected chi connectivity index (χ1v) is 7.37. The first-order valence-electron chi connectivity index (χ1n) is 6.23. The number of nitrogens with zero attached hydrogens (tertiary/aromatic N) is 1. The first-order chi connectivity index (χ1) is 10.4. The van der Waals surface area contributed by atoms with Crippen LogP contribution in [0, 0.1) is 0 Å². The van der Waals surface area contributed by atoms with Crippen LogP contribution in [0.5, 0.6) is 0 Å². The second-order valence-electron chi connectivity index (χ2n) is 4.35. The Morgan fingerprint density at radius 1 is 1.14 bits per heavy atom. The quantitative estimate of drug-likeness (QED) is 0.640. The van der Waals surface area contributed by atoms with Gasteiger partial charge in [0.15, 0.2) is 0 Å². The molecule has 1 aromatic heterocycles. The van der Waals surface area contributed by atoms with Crippen molar-refractivity contribution in [3.8, 4) is 0 Å². The van der Waals surface area contributed by atoms with Gasteiger partial charge in [0, 0.05) is 18.0 Å². The van der Waals surface area contributed by atoms with Gasteiger partial charge in [-0.3, -0.25) is 4.79 Å². The number of anilines is 2. The van der Waals surface area contributed by atoms with Crippen LogP contribution in [0.3, 0.4) is 0 Å². The molecule has 2 aromatic rings. The summed E-state index contributed by atoms with van der Waals surface area (Å²) in [5.74, 6) is -0.364. The highest BCUT2D eigenvalue weighted by Crippen LogP contribution is 2.30. The van der Waals surface area contributed by atoms with Gasteiger partial charge >= 0.3 is 0 Å². The van der Waals surface area contributed by atoms with Crippen molar-refractivity contribution in [2.45, 2.75) is 3.79 Å². The summed E-state index contributed by atoms with van der Waals surface area (Å²) in [6.07, 6.45) is 2.80. The zero-order valence-electron chi connectivity index (χ0n) is 11.3. The van der Waals surface area contributed by atoms with Gasteiger partial charge in [0.2, 0.25) is 5.78 Å². The van der Waals surface area contributed by atoms with Gasteiger partial charge in [-0.25, -0.2) is 4.98 Å². The third kappa shape index (κ3) is 4.37. The Morgan fingerprint density at radius 2 is 1.82 bits per heavy atom. The molecule has 3 N–H and O–H groups in total. The van der Waals surface area contributed by atoms with Crippen LogP contribution in [-0.2, 0) is 4.79 Å². The molecule has 114 valence electrons. The van der Waals surface area contributed by atoms with E-state index in [4.69, 9.17) is 40.5 Å². The second kappa shape index (κ2) is 7.01. The largest absolute Gasteiger partial charge is 0.382 e. The molecular weight excluding hydrogens is 345 g/mol. The summed E-state index contributed by atoms with van der Waals surface area (Å²) in [5.41, 5.74) is 7.55. The molecule has 0 radical (unpaired) electrons. The van der Waals surface area contributed by atoms with Crippen molar-refractivity contribution in [2.75, 3.05) is 11.1 Å². The molecule has 0 saturated carbocycles. The van der Waals surface area contributed by atoms with Crippen molar-refractivity contribution in [3.05, 3.63) is 60.3 Å². The monoisotopic (exact) mass is 355 g/mol. The van der Waals surface area contributed by atoms with Crippen LogP contribution >= 0.6 is 34.8 Å². The molecule has 4 nitrogen and oxygen atoms in total. The summed E-state index contributed by atoms with van der Waals surface area (Å²) in [5, 5.41) is 3.04. The summed E-state index contributed by atoms with van der Waals surface area (Å²) < 4.78 is -2.03. The number of nitrogens with one attached hydrogen (secondary N) is 1. The maximum atomic E-state index is 12.0. The average molecular weight is 357 g/mol. The van der Waals surface area contributed by atoms with Crippen molar-refractivity contribution >= 4 is 57.8 Å². The minimum atomic E-state index is -2.03. The number of nitrogen functional groups attached to an aromatic ring is 1. The van der Waals surface area contributed by atoms with Crippen molar-refractivity contribution < 1.29 is 4.79 Å². The van der Waals surface area contributed by atoms with Gasteiger partial charge in [0.25, 0.3) is 3.79 Å². The standard InChI is InChI=1S/C15H12Cl3N3O/c16-15(17,18)13(22)9-12(10-5-2-1-3-6-10)21-11-7-4-8-20-14(11)19/h1-9,21H,(H2,19,20)/b12-9+.